The normalized spacial score (nSPS) is 10.9. The van der Waals surface area contributed by atoms with E-state index in [0.29, 0.717) is 0 Å². The van der Waals surface area contributed by atoms with Gasteiger partial charge in [0.1, 0.15) is 11.4 Å². The van der Waals surface area contributed by atoms with Crippen molar-refractivity contribution in [1.29, 1.82) is 0 Å². The van der Waals surface area contributed by atoms with Crippen LogP contribution < -0.4 is 5.32 Å². The van der Waals surface area contributed by atoms with Crippen LogP contribution >= 0.6 is 11.6 Å². The highest BCUT2D eigenvalue weighted by atomic mass is 35.5. The van der Waals surface area contributed by atoms with E-state index in [1.807, 2.05) is 48.7 Å². The van der Waals surface area contributed by atoms with Crippen LogP contribution in [0.25, 0.3) is 10.9 Å². The Morgan fingerprint density at radius 3 is 2.70 bits per heavy atom. The number of carbonyl (C=O) groups is 1. The number of carboxylic acid groups (broad SMARTS) is 1. The first-order chi connectivity index (χ1) is 13.1. The van der Waals surface area contributed by atoms with E-state index < -0.39 is 5.97 Å². The van der Waals surface area contributed by atoms with Gasteiger partial charge in [-0.15, -0.1) is 0 Å². The van der Waals surface area contributed by atoms with Gasteiger partial charge >= 0.3 is 5.97 Å². The molecule has 0 radical (unpaired) electrons. The van der Waals surface area contributed by atoms with E-state index in [4.69, 9.17) is 11.6 Å². The first-order valence-electron chi connectivity index (χ1n) is 8.39. The second-order valence-corrected chi connectivity index (χ2v) is 6.62. The maximum atomic E-state index is 11.4. The van der Waals surface area contributed by atoms with Crippen molar-refractivity contribution < 1.29 is 9.90 Å². The summed E-state index contributed by atoms with van der Waals surface area (Å²) in [6.45, 7) is 0.791. The lowest BCUT2D eigenvalue weighted by atomic mass is 10.2. The number of aromatic carboxylic acids is 1. The molecule has 0 bridgehead atoms. The van der Waals surface area contributed by atoms with Crippen molar-refractivity contribution in [2.45, 2.75) is 6.54 Å². The molecule has 2 N–H and O–H groups in total. The van der Waals surface area contributed by atoms with Gasteiger partial charge in [0, 0.05) is 35.5 Å². The highest BCUT2D eigenvalue weighted by Crippen LogP contribution is 2.26. The number of hydrogen-bond donors (Lipinski definition) is 2. The lowest BCUT2D eigenvalue weighted by molar-refractivity contribution is 0.0697. The molecule has 0 aliphatic carbocycles. The summed E-state index contributed by atoms with van der Waals surface area (Å²) in [5.41, 5.74) is 3.13. The minimum Gasteiger partial charge on any atom is -0.478 e. The average Bonchev–Trinajstić information content (AvgIpc) is 3.06. The molecule has 27 heavy (non-hydrogen) atoms. The number of halogens is 1. The summed E-state index contributed by atoms with van der Waals surface area (Å²) < 4.78 is 2.18. The zero-order valence-corrected chi connectivity index (χ0v) is 15.0. The molecule has 0 aliphatic rings. The van der Waals surface area contributed by atoms with Crippen molar-refractivity contribution in [3.8, 4) is 0 Å². The number of rotatable bonds is 5. The summed E-state index contributed by atoms with van der Waals surface area (Å²) in [5.74, 6) is -0.822. The van der Waals surface area contributed by atoms with Gasteiger partial charge in [0.25, 0.3) is 0 Å². The Labute approximate surface area is 160 Å². The smallest absolute Gasteiger partial charge is 0.339 e. The quantitative estimate of drug-likeness (QED) is 0.503. The summed E-state index contributed by atoms with van der Waals surface area (Å²) in [7, 11) is 0. The van der Waals surface area contributed by atoms with Crippen molar-refractivity contribution in [3.63, 3.8) is 0 Å². The van der Waals surface area contributed by atoms with E-state index in [-0.39, 0.29) is 16.4 Å². The third kappa shape index (κ3) is 3.64. The Balaban J connectivity index is 1.63. The van der Waals surface area contributed by atoms with E-state index in [9.17, 15) is 9.90 Å². The summed E-state index contributed by atoms with van der Waals surface area (Å²) in [6.07, 6.45) is 3.47. The molecule has 0 saturated heterocycles. The zero-order chi connectivity index (χ0) is 18.8. The molecule has 0 unspecified atom stereocenters. The number of anilines is 2. The number of nitrogens with zero attached hydrogens (tertiary/aromatic N) is 2. The minimum atomic E-state index is -1.08. The van der Waals surface area contributed by atoms with Gasteiger partial charge in [0.15, 0.2) is 0 Å². The first-order valence-corrected chi connectivity index (χ1v) is 8.76. The molecule has 0 spiro atoms. The van der Waals surface area contributed by atoms with Crippen LogP contribution in [-0.2, 0) is 6.54 Å². The third-order valence-electron chi connectivity index (χ3n) is 4.31. The Bertz CT molecular complexity index is 1120. The van der Waals surface area contributed by atoms with E-state index in [2.05, 4.69) is 27.0 Å². The second kappa shape index (κ2) is 7.13. The maximum Gasteiger partial charge on any atom is 0.339 e. The van der Waals surface area contributed by atoms with Crippen LogP contribution in [0.15, 0.2) is 73.1 Å². The molecule has 2 heterocycles. The fraction of sp³-hybridized carbons (Fsp3) is 0.0476. The van der Waals surface area contributed by atoms with Gasteiger partial charge in [-0.2, -0.15) is 0 Å². The van der Waals surface area contributed by atoms with Crippen LogP contribution in [0, 0.1) is 0 Å². The highest BCUT2D eigenvalue weighted by Gasteiger charge is 2.13. The molecule has 5 nitrogen and oxygen atoms in total. The van der Waals surface area contributed by atoms with Gasteiger partial charge in [-0.25, -0.2) is 9.78 Å². The monoisotopic (exact) mass is 377 g/mol. The van der Waals surface area contributed by atoms with Crippen LogP contribution in [-0.4, -0.2) is 20.6 Å². The van der Waals surface area contributed by atoms with Crippen molar-refractivity contribution >= 4 is 40.0 Å². The predicted octanol–water partition coefficient (Wildman–Crippen LogP) is 5.18. The van der Waals surface area contributed by atoms with E-state index >= 15 is 0 Å². The molecule has 2 aromatic heterocycles. The number of aromatic nitrogens is 2. The molecule has 0 aliphatic heterocycles. The SMILES string of the molecule is O=C(O)c1cc(Cl)cnc1Nc1ccc2c(ccn2Cc2ccccc2)c1. The van der Waals surface area contributed by atoms with E-state index in [1.54, 1.807) is 0 Å². The van der Waals surface area contributed by atoms with Crippen LogP contribution in [0.2, 0.25) is 5.02 Å². The van der Waals surface area contributed by atoms with Gasteiger partial charge in [-0.1, -0.05) is 41.9 Å². The summed E-state index contributed by atoms with van der Waals surface area (Å²) in [6, 6.07) is 19.6. The molecule has 6 heteroatoms. The number of hydrogen-bond acceptors (Lipinski definition) is 3. The molecule has 0 saturated carbocycles. The third-order valence-corrected chi connectivity index (χ3v) is 4.52. The Hall–Kier alpha value is -3.31. The molecule has 134 valence electrons. The summed E-state index contributed by atoms with van der Waals surface area (Å²) in [5, 5.41) is 13.8. The van der Waals surface area contributed by atoms with Crippen molar-refractivity contribution in [3.05, 3.63) is 89.2 Å². The van der Waals surface area contributed by atoms with Crippen LogP contribution in [0.3, 0.4) is 0 Å². The maximum absolute atomic E-state index is 11.4. The topological polar surface area (TPSA) is 67.2 Å². The minimum absolute atomic E-state index is 0.0317. The predicted molar refractivity (Wildman–Crippen MR) is 107 cm³/mol. The van der Waals surface area contributed by atoms with Gasteiger partial charge < -0.3 is 15.0 Å². The second-order valence-electron chi connectivity index (χ2n) is 6.18. The lowest BCUT2D eigenvalue weighted by Crippen LogP contribution is -2.05. The number of pyridine rings is 1. The Kier molecular flexibility index (Phi) is 4.52. The summed E-state index contributed by atoms with van der Waals surface area (Å²) >= 11 is 5.85. The highest BCUT2D eigenvalue weighted by molar-refractivity contribution is 6.30. The Morgan fingerprint density at radius 1 is 1.11 bits per heavy atom. The fourth-order valence-corrected chi connectivity index (χ4v) is 3.19. The van der Waals surface area contributed by atoms with E-state index in [1.165, 1.54) is 17.8 Å². The van der Waals surface area contributed by atoms with Crippen molar-refractivity contribution in [2.24, 2.45) is 0 Å². The van der Waals surface area contributed by atoms with Crippen LogP contribution in [0.1, 0.15) is 15.9 Å². The van der Waals surface area contributed by atoms with Gasteiger partial charge in [0.2, 0.25) is 0 Å². The largest absolute Gasteiger partial charge is 0.478 e. The first kappa shape index (κ1) is 17.1. The standard InChI is InChI=1S/C21H16ClN3O2/c22-16-11-18(21(26)27)20(23-12-16)24-17-6-7-19-15(10-17)8-9-25(19)13-14-4-2-1-3-5-14/h1-12H,13H2,(H,23,24)(H,26,27). The zero-order valence-electron chi connectivity index (χ0n) is 14.3. The molecule has 0 fully saturated rings. The van der Waals surface area contributed by atoms with Gasteiger partial charge in [-0.05, 0) is 35.9 Å². The fourth-order valence-electron chi connectivity index (χ4n) is 3.03. The van der Waals surface area contributed by atoms with Crippen molar-refractivity contribution in [1.82, 2.24) is 9.55 Å². The molecule has 0 amide bonds. The Morgan fingerprint density at radius 2 is 1.93 bits per heavy atom. The van der Waals surface area contributed by atoms with Crippen molar-refractivity contribution in [2.75, 3.05) is 5.32 Å². The number of benzene rings is 2. The molecule has 0 atom stereocenters. The molecule has 4 rings (SSSR count). The number of fused-ring (bicyclic) bond motifs is 1. The molecule has 4 aromatic rings. The van der Waals surface area contributed by atoms with Crippen LogP contribution in [0.5, 0.6) is 0 Å². The van der Waals surface area contributed by atoms with Gasteiger partial charge in [0.05, 0.1) is 5.02 Å². The number of carboxylic acids is 1. The lowest BCUT2D eigenvalue weighted by Gasteiger charge is -2.10. The van der Waals surface area contributed by atoms with Crippen LogP contribution in [0.4, 0.5) is 11.5 Å². The van der Waals surface area contributed by atoms with Gasteiger partial charge in [-0.3, -0.25) is 0 Å². The van der Waals surface area contributed by atoms with E-state index in [0.717, 1.165) is 23.1 Å². The average molecular weight is 378 g/mol. The molecular weight excluding hydrogens is 362 g/mol. The number of nitrogens with one attached hydrogen (secondary N) is 1. The molecule has 2 aromatic carbocycles. The summed E-state index contributed by atoms with van der Waals surface area (Å²) in [4.78, 5) is 15.5. The molecular formula is C21H16ClN3O2.